The van der Waals surface area contributed by atoms with E-state index in [1.165, 1.54) is 32.2 Å². The third kappa shape index (κ3) is 3.95. The molecule has 3 fully saturated rings. The summed E-state index contributed by atoms with van der Waals surface area (Å²) in [6.45, 7) is 4.47. The quantitative estimate of drug-likeness (QED) is 0.734. The first-order chi connectivity index (χ1) is 12.5. The third-order valence-corrected chi connectivity index (χ3v) is 7.91. The molecule has 1 aromatic rings. The van der Waals surface area contributed by atoms with E-state index in [1.807, 2.05) is 6.07 Å². The third-order valence-electron chi connectivity index (χ3n) is 6.09. The van der Waals surface area contributed by atoms with Gasteiger partial charge in [0.15, 0.2) is 9.84 Å². The van der Waals surface area contributed by atoms with E-state index in [4.69, 9.17) is 5.26 Å². The number of hydrogen-bond acceptors (Lipinski definition) is 5. The number of nitrogens with zero attached hydrogens (tertiary/aromatic N) is 3. The van der Waals surface area contributed by atoms with Crippen molar-refractivity contribution in [3.05, 3.63) is 29.8 Å². The van der Waals surface area contributed by atoms with Crippen molar-refractivity contribution in [3.8, 4) is 6.07 Å². The second-order valence-electron chi connectivity index (χ2n) is 8.09. The van der Waals surface area contributed by atoms with Crippen molar-refractivity contribution in [2.45, 2.75) is 49.1 Å². The fraction of sp³-hybridized carbons (Fsp3) is 0.650. The van der Waals surface area contributed by atoms with Gasteiger partial charge in [0.25, 0.3) is 0 Å². The van der Waals surface area contributed by atoms with Crippen LogP contribution in [0.2, 0.25) is 0 Å². The Kier molecular flexibility index (Phi) is 5.05. The molecule has 1 saturated carbocycles. The van der Waals surface area contributed by atoms with Crippen LogP contribution in [0.1, 0.15) is 37.7 Å². The molecule has 0 aromatic heterocycles. The topological polar surface area (TPSA) is 64.4 Å². The summed E-state index contributed by atoms with van der Waals surface area (Å²) in [5.74, 6) is 1.12. The molecule has 5 nitrogen and oxygen atoms in total. The van der Waals surface area contributed by atoms with Crippen molar-refractivity contribution in [1.29, 1.82) is 5.26 Å². The van der Waals surface area contributed by atoms with Gasteiger partial charge in [-0.1, -0.05) is 0 Å². The van der Waals surface area contributed by atoms with Crippen molar-refractivity contribution in [2.24, 2.45) is 5.92 Å². The molecule has 0 amide bonds. The highest BCUT2D eigenvalue weighted by atomic mass is 32.2. The van der Waals surface area contributed by atoms with Crippen LogP contribution in [0.25, 0.3) is 0 Å². The summed E-state index contributed by atoms with van der Waals surface area (Å²) in [6.07, 6.45) is 6.01. The summed E-state index contributed by atoms with van der Waals surface area (Å²) in [5, 5.41) is 8.83. The molecule has 0 radical (unpaired) electrons. The Balaban J connectivity index is 1.29. The highest BCUT2D eigenvalue weighted by Gasteiger charge is 2.40. The number of likely N-dealkylation sites (tertiary alicyclic amines) is 1. The second kappa shape index (κ2) is 7.30. The highest BCUT2D eigenvalue weighted by Crippen LogP contribution is 2.34. The number of nitriles is 1. The van der Waals surface area contributed by atoms with Gasteiger partial charge in [-0.25, -0.2) is 8.42 Å². The van der Waals surface area contributed by atoms with Gasteiger partial charge in [0, 0.05) is 31.7 Å². The fourth-order valence-electron chi connectivity index (χ4n) is 4.55. The van der Waals surface area contributed by atoms with Crippen molar-refractivity contribution >= 4 is 9.84 Å². The molecule has 1 aromatic carbocycles. The molecule has 3 aliphatic rings. The van der Waals surface area contributed by atoms with Gasteiger partial charge < -0.3 is 0 Å². The van der Waals surface area contributed by atoms with Gasteiger partial charge in [0.1, 0.15) is 0 Å². The van der Waals surface area contributed by atoms with Crippen molar-refractivity contribution in [1.82, 2.24) is 9.80 Å². The summed E-state index contributed by atoms with van der Waals surface area (Å²) >= 11 is 0. The molecule has 4 rings (SSSR count). The molecule has 140 valence electrons. The smallest absolute Gasteiger partial charge is 0.178 e. The highest BCUT2D eigenvalue weighted by molar-refractivity contribution is 7.91. The molecule has 6 heteroatoms. The predicted octanol–water partition coefficient (Wildman–Crippen LogP) is 2.28. The summed E-state index contributed by atoms with van der Waals surface area (Å²) in [4.78, 5) is 5.54. The predicted molar refractivity (Wildman–Crippen MR) is 101 cm³/mol. The van der Waals surface area contributed by atoms with Crippen LogP contribution in [-0.2, 0) is 9.84 Å². The molecule has 0 N–H and O–H groups in total. The van der Waals surface area contributed by atoms with E-state index in [9.17, 15) is 8.42 Å². The first-order valence-electron chi connectivity index (χ1n) is 9.76. The molecule has 2 heterocycles. The van der Waals surface area contributed by atoms with Gasteiger partial charge in [0.05, 0.1) is 22.3 Å². The largest absolute Gasteiger partial charge is 0.300 e. The lowest BCUT2D eigenvalue weighted by Crippen LogP contribution is -2.54. The average Bonchev–Trinajstić information content (AvgIpc) is 3.41. The van der Waals surface area contributed by atoms with Crippen LogP contribution in [0.5, 0.6) is 0 Å². The standard InChI is InChI=1S/C20H27N3O2S/c21-12-16-4-8-20(9-5-16)26(24,25)11-1-10-23-18-6-7-19(23)15-22(14-18)13-17-2-3-17/h4-5,8-9,17-19H,1-3,6-7,10-11,13-15H2. The number of hydrogen-bond donors (Lipinski definition) is 0. The minimum Gasteiger partial charge on any atom is -0.300 e. The number of piperazine rings is 1. The SMILES string of the molecule is N#Cc1ccc(S(=O)(=O)CCCN2C3CCC2CN(CC2CC2)C3)cc1. The Labute approximate surface area is 156 Å². The molecule has 2 bridgehead atoms. The molecule has 1 aliphatic carbocycles. The molecular weight excluding hydrogens is 346 g/mol. The van der Waals surface area contributed by atoms with Crippen LogP contribution < -0.4 is 0 Å². The number of benzene rings is 1. The summed E-state index contributed by atoms with van der Waals surface area (Å²) < 4.78 is 25.0. The minimum absolute atomic E-state index is 0.181. The molecule has 2 aliphatic heterocycles. The van der Waals surface area contributed by atoms with E-state index in [0.717, 1.165) is 25.6 Å². The zero-order chi connectivity index (χ0) is 18.1. The van der Waals surface area contributed by atoms with Gasteiger partial charge in [-0.15, -0.1) is 0 Å². The van der Waals surface area contributed by atoms with Crippen LogP contribution in [-0.4, -0.2) is 62.2 Å². The van der Waals surface area contributed by atoms with Crippen LogP contribution in [0, 0.1) is 17.2 Å². The monoisotopic (exact) mass is 373 g/mol. The Bertz CT molecular complexity index is 766. The lowest BCUT2D eigenvalue weighted by molar-refractivity contribution is 0.0646. The maximum absolute atomic E-state index is 12.5. The Morgan fingerprint density at radius 3 is 2.27 bits per heavy atom. The van der Waals surface area contributed by atoms with Crippen LogP contribution in [0.3, 0.4) is 0 Å². The molecular formula is C20H27N3O2S. The van der Waals surface area contributed by atoms with E-state index in [1.54, 1.807) is 24.3 Å². The summed E-state index contributed by atoms with van der Waals surface area (Å²) in [7, 11) is -3.27. The van der Waals surface area contributed by atoms with Crippen LogP contribution in [0.15, 0.2) is 29.2 Å². The van der Waals surface area contributed by atoms with Gasteiger partial charge in [-0.3, -0.25) is 9.80 Å². The number of fused-ring (bicyclic) bond motifs is 2. The normalized spacial score (nSPS) is 26.7. The molecule has 2 atom stereocenters. The second-order valence-corrected chi connectivity index (χ2v) is 10.2. The Hall–Kier alpha value is -1.42. The number of sulfone groups is 1. The Morgan fingerprint density at radius 2 is 1.69 bits per heavy atom. The zero-order valence-electron chi connectivity index (χ0n) is 15.2. The van der Waals surface area contributed by atoms with Gasteiger partial charge in [-0.05, 0) is 68.8 Å². The average molecular weight is 374 g/mol. The van der Waals surface area contributed by atoms with Crippen LogP contribution in [0.4, 0.5) is 0 Å². The lowest BCUT2D eigenvalue weighted by atomic mass is 10.1. The van der Waals surface area contributed by atoms with Gasteiger partial charge in [-0.2, -0.15) is 5.26 Å². The Morgan fingerprint density at radius 1 is 1.04 bits per heavy atom. The van der Waals surface area contributed by atoms with Crippen molar-refractivity contribution in [2.75, 3.05) is 31.9 Å². The van der Waals surface area contributed by atoms with Crippen molar-refractivity contribution in [3.63, 3.8) is 0 Å². The molecule has 2 saturated heterocycles. The molecule has 2 unspecified atom stereocenters. The van der Waals surface area contributed by atoms with Gasteiger partial charge in [0.2, 0.25) is 0 Å². The van der Waals surface area contributed by atoms with E-state index >= 15 is 0 Å². The summed E-state index contributed by atoms with van der Waals surface area (Å²) in [6, 6.07) is 9.50. The van der Waals surface area contributed by atoms with Crippen molar-refractivity contribution < 1.29 is 8.42 Å². The minimum atomic E-state index is -3.27. The zero-order valence-corrected chi connectivity index (χ0v) is 16.0. The maximum atomic E-state index is 12.5. The first kappa shape index (κ1) is 18.0. The van der Waals surface area contributed by atoms with E-state index in [-0.39, 0.29) is 5.75 Å². The van der Waals surface area contributed by atoms with E-state index < -0.39 is 9.84 Å². The molecule has 0 spiro atoms. The molecule has 26 heavy (non-hydrogen) atoms. The lowest BCUT2D eigenvalue weighted by Gasteiger charge is -2.41. The van der Waals surface area contributed by atoms with E-state index in [0.29, 0.717) is 29.0 Å². The van der Waals surface area contributed by atoms with Gasteiger partial charge >= 0.3 is 0 Å². The fourth-order valence-corrected chi connectivity index (χ4v) is 5.84. The number of rotatable bonds is 7. The van der Waals surface area contributed by atoms with Crippen LogP contribution >= 0.6 is 0 Å². The van der Waals surface area contributed by atoms with E-state index in [2.05, 4.69) is 9.80 Å². The summed E-state index contributed by atoms with van der Waals surface area (Å²) in [5.41, 5.74) is 0.490. The first-order valence-corrected chi connectivity index (χ1v) is 11.4. The maximum Gasteiger partial charge on any atom is 0.178 e.